The fourth-order valence-corrected chi connectivity index (χ4v) is 6.62. The molecule has 3 aromatic rings. The van der Waals surface area contributed by atoms with Gasteiger partial charge in [0.05, 0.1) is 36.5 Å². The molecule has 0 radical (unpaired) electrons. The van der Waals surface area contributed by atoms with E-state index in [-0.39, 0.29) is 17.6 Å². The number of fused-ring (bicyclic) bond motifs is 1. The number of likely N-dealkylation sites (N-methyl/N-ethyl adjacent to an activating group) is 1. The summed E-state index contributed by atoms with van der Waals surface area (Å²) < 4.78 is 5.53. The molecule has 4 heterocycles. The Hall–Kier alpha value is -3.13. The Balaban J connectivity index is 1.45. The van der Waals surface area contributed by atoms with Gasteiger partial charge in [-0.3, -0.25) is 4.98 Å². The summed E-state index contributed by atoms with van der Waals surface area (Å²) in [5, 5.41) is 4.95. The summed E-state index contributed by atoms with van der Waals surface area (Å²) in [6.45, 7) is 9.94. The highest BCUT2D eigenvalue weighted by atomic mass is 35.5. The number of nitrogens with zero attached hydrogens (tertiary/aromatic N) is 4. The number of ether oxygens (including phenoxy) is 1. The molecular formula is C31H34ClN5OS. The maximum absolute atomic E-state index is 7.14. The van der Waals surface area contributed by atoms with E-state index in [1.807, 2.05) is 24.4 Å². The predicted molar refractivity (Wildman–Crippen MR) is 165 cm³/mol. The number of aromatic nitrogens is 1. The summed E-state index contributed by atoms with van der Waals surface area (Å²) in [7, 11) is 2.13. The fraction of sp³-hybridized carbons (Fsp3) is 0.355. The molecule has 8 heteroatoms. The number of halogens is 1. The standard InChI is InChI=1S/C31H34ClN5OS/c1-20-19-31(2,3)35(4)27-18-25(32)24(17-23(20)27)29-28(26-7-5-6-12-33-26)34-30(39)37(29)22-10-8-21(9-11-22)36-13-15-38-16-14-36/h5-12,17-19,28-29H,13-16H2,1-4H3,(H,34,39)/t28-,29-/m1/s1. The highest BCUT2D eigenvalue weighted by Crippen LogP contribution is 2.48. The number of rotatable bonds is 4. The van der Waals surface area contributed by atoms with Crippen LogP contribution in [0.15, 0.2) is 66.9 Å². The summed E-state index contributed by atoms with van der Waals surface area (Å²) in [5.74, 6) is 0. The van der Waals surface area contributed by atoms with Crippen LogP contribution < -0.4 is 20.0 Å². The fourth-order valence-electron chi connectivity index (χ4n) is 6.01. The first-order chi connectivity index (χ1) is 18.7. The van der Waals surface area contributed by atoms with Gasteiger partial charge in [0.1, 0.15) is 0 Å². The average Bonchev–Trinajstić information content (AvgIpc) is 3.29. The molecule has 2 saturated heterocycles. The lowest BCUT2D eigenvalue weighted by Crippen LogP contribution is -2.42. The van der Waals surface area contributed by atoms with Crippen molar-refractivity contribution in [2.75, 3.05) is 48.1 Å². The lowest BCUT2D eigenvalue weighted by molar-refractivity contribution is 0.122. The number of thiocarbonyl (C=S) groups is 1. The van der Waals surface area contributed by atoms with E-state index < -0.39 is 0 Å². The van der Waals surface area contributed by atoms with Gasteiger partial charge < -0.3 is 24.8 Å². The van der Waals surface area contributed by atoms with E-state index in [2.05, 4.69) is 90.3 Å². The van der Waals surface area contributed by atoms with E-state index in [1.165, 1.54) is 16.8 Å². The van der Waals surface area contributed by atoms with Crippen molar-refractivity contribution < 1.29 is 4.74 Å². The van der Waals surface area contributed by atoms with Crippen LogP contribution in [0.2, 0.25) is 5.02 Å². The number of hydrogen-bond donors (Lipinski definition) is 1. The third-order valence-corrected chi connectivity index (χ3v) is 8.90. The van der Waals surface area contributed by atoms with Crippen molar-refractivity contribution in [3.63, 3.8) is 0 Å². The Bertz CT molecular complexity index is 1420. The first-order valence-corrected chi connectivity index (χ1v) is 14.2. The number of hydrogen-bond acceptors (Lipinski definition) is 5. The van der Waals surface area contributed by atoms with E-state index in [0.717, 1.165) is 54.0 Å². The second-order valence-electron chi connectivity index (χ2n) is 11.0. The normalized spacial score (nSPS) is 22.4. The zero-order chi connectivity index (χ0) is 27.3. The first kappa shape index (κ1) is 26.1. The molecule has 2 aromatic carbocycles. The lowest BCUT2D eigenvalue weighted by atomic mass is 9.86. The van der Waals surface area contributed by atoms with Crippen molar-refractivity contribution in [3.05, 3.63) is 88.7 Å². The van der Waals surface area contributed by atoms with Crippen LogP contribution in [0.3, 0.4) is 0 Å². The molecule has 0 spiro atoms. The second kappa shape index (κ2) is 10.1. The van der Waals surface area contributed by atoms with Crippen LogP contribution >= 0.6 is 23.8 Å². The molecule has 6 nitrogen and oxygen atoms in total. The van der Waals surface area contributed by atoms with Crippen molar-refractivity contribution in [1.29, 1.82) is 0 Å². The quantitative estimate of drug-likeness (QED) is 0.372. The van der Waals surface area contributed by atoms with Gasteiger partial charge in [-0.15, -0.1) is 0 Å². The molecule has 1 aromatic heterocycles. The van der Waals surface area contributed by atoms with E-state index in [0.29, 0.717) is 5.11 Å². The van der Waals surface area contributed by atoms with Crippen LogP contribution in [0.4, 0.5) is 17.1 Å². The van der Waals surface area contributed by atoms with Crippen molar-refractivity contribution in [2.45, 2.75) is 38.4 Å². The number of allylic oxidation sites excluding steroid dienone is 1. The van der Waals surface area contributed by atoms with E-state index in [9.17, 15) is 0 Å². The molecule has 0 unspecified atom stereocenters. The zero-order valence-electron chi connectivity index (χ0n) is 22.8. The molecule has 0 aliphatic carbocycles. The minimum Gasteiger partial charge on any atom is -0.378 e. The third kappa shape index (κ3) is 4.66. The largest absolute Gasteiger partial charge is 0.378 e. The van der Waals surface area contributed by atoms with Gasteiger partial charge in [-0.1, -0.05) is 23.7 Å². The van der Waals surface area contributed by atoms with Gasteiger partial charge in [0, 0.05) is 54.0 Å². The van der Waals surface area contributed by atoms with Crippen LogP contribution in [-0.4, -0.2) is 49.0 Å². The van der Waals surface area contributed by atoms with Crippen molar-refractivity contribution >= 4 is 51.6 Å². The van der Waals surface area contributed by atoms with Gasteiger partial charge in [-0.25, -0.2) is 0 Å². The summed E-state index contributed by atoms with van der Waals surface area (Å²) in [5.41, 5.74) is 7.64. The van der Waals surface area contributed by atoms with Gasteiger partial charge in [0.2, 0.25) is 0 Å². The van der Waals surface area contributed by atoms with Gasteiger partial charge in [-0.2, -0.15) is 0 Å². The topological polar surface area (TPSA) is 43.9 Å². The molecule has 1 N–H and O–H groups in total. The van der Waals surface area contributed by atoms with Crippen molar-refractivity contribution in [1.82, 2.24) is 10.3 Å². The number of nitrogens with one attached hydrogen (secondary N) is 1. The number of benzene rings is 2. The highest BCUT2D eigenvalue weighted by molar-refractivity contribution is 7.80. The minimum absolute atomic E-state index is 0.0941. The zero-order valence-corrected chi connectivity index (χ0v) is 24.4. The minimum atomic E-state index is -0.174. The van der Waals surface area contributed by atoms with Gasteiger partial charge in [0.25, 0.3) is 0 Å². The molecule has 2 fully saturated rings. The summed E-state index contributed by atoms with van der Waals surface area (Å²) in [6.07, 6.45) is 4.15. The predicted octanol–water partition coefficient (Wildman–Crippen LogP) is 6.38. The van der Waals surface area contributed by atoms with Gasteiger partial charge in [-0.05, 0) is 92.7 Å². The SMILES string of the molecule is CC1=CC(C)(C)N(C)c2cc(Cl)c([C@@H]3[C@@H](c4ccccn4)NC(=S)N3c3ccc(N4CCOCC4)cc3)cc21. The molecule has 6 rings (SSSR count). The molecule has 39 heavy (non-hydrogen) atoms. The third-order valence-electron chi connectivity index (χ3n) is 8.26. The first-order valence-electron chi connectivity index (χ1n) is 13.4. The molecule has 202 valence electrons. The Morgan fingerprint density at radius 1 is 1.05 bits per heavy atom. The van der Waals surface area contributed by atoms with Crippen LogP contribution in [0, 0.1) is 0 Å². The number of pyridine rings is 1. The molecule has 3 aliphatic heterocycles. The average molecular weight is 560 g/mol. The monoisotopic (exact) mass is 559 g/mol. The van der Waals surface area contributed by atoms with Crippen LogP contribution in [0.5, 0.6) is 0 Å². The Morgan fingerprint density at radius 3 is 2.46 bits per heavy atom. The van der Waals surface area contributed by atoms with E-state index in [4.69, 9.17) is 33.5 Å². The summed E-state index contributed by atoms with van der Waals surface area (Å²) in [4.78, 5) is 11.6. The summed E-state index contributed by atoms with van der Waals surface area (Å²) >= 11 is 13.1. The van der Waals surface area contributed by atoms with Crippen LogP contribution in [0.25, 0.3) is 5.57 Å². The lowest BCUT2D eigenvalue weighted by Gasteiger charge is -2.41. The van der Waals surface area contributed by atoms with Crippen LogP contribution in [-0.2, 0) is 4.74 Å². The van der Waals surface area contributed by atoms with Crippen molar-refractivity contribution in [3.8, 4) is 0 Å². The Labute approximate surface area is 241 Å². The molecular weight excluding hydrogens is 526 g/mol. The van der Waals surface area contributed by atoms with Crippen LogP contribution in [0.1, 0.15) is 49.7 Å². The Kier molecular flexibility index (Phi) is 6.78. The van der Waals surface area contributed by atoms with Gasteiger partial charge in [0.15, 0.2) is 5.11 Å². The molecule has 2 atom stereocenters. The summed E-state index contributed by atoms with van der Waals surface area (Å²) in [6, 6.07) is 18.7. The van der Waals surface area contributed by atoms with E-state index in [1.54, 1.807) is 0 Å². The highest BCUT2D eigenvalue weighted by Gasteiger charge is 2.42. The molecule has 0 amide bonds. The molecule has 0 saturated carbocycles. The van der Waals surface area contributed by atoms with Crippen molar-refractivity contribution in [2.24, 2.45) is 0 Å². The molecule has 0 bridgehead atoms. The number of morpholine rings is 1. The van der Waals surface area contributed by atoms with Gasteiger partial charge >= 0.3 is 0 Å². The van der Waals surface area contributed by atoms with E-state index >= 15 is 0 Å². The smallest absolute Gasteiger partial charge is 0.174 e. The number of anilines is 3. The second-order valence-corrected chi connectivity index (χ2v) is 11.8. The maximum atomic E-state index is 7.14. The maximum Gasteiger partial charge on any atom is 0.174 e. The Morgan fingerprint density at radius 2 is 1.77 bits per heavy atom. The molecule has 3 aliphatic rings.